The standard InChI is InChI=1S/C19H18N2O2/c20-19-16(22)11-15-14(7-4-8-17(15)23-13-9-10-13)18(21-19)12-5-2-1-3-6-12/h1-8,13,19H,9-11,20H2. The van der Waals surface area contributed by atoms with Crippen LogP contribution in [0.4, 0.5) is 0 Å². The van der Waals surface area contributed by atoms with E-state index in [2.05, 4.69) is 4.99 Å². The average molecular weight is 306 g/mol. The number of benzene rings is 2. The lowest BCUT2D eigenvalue weighted by Crippen LogP contribution is -2.29. The molecular formula is C19H18N2O2. The summed E-state index contributed by atoms with van der Waals surface area (Å²) in [6.45, 7) is 0. The molecule has 2 N–H and O–H groups in total. The highest BCUT2D eigenvalue weighted by Crippen LogP contribution is 2.33. The van der Waals surface area contributed by atoms with E-state index in [-0.39, 0.29) is 18.3 Å². The molecule has 1 saturated carbocycles. The number of aliphatic imine (C=N–C) groups is 1. The van der Waals surface area contributed by atoms with Gasteiger partial charge in [0.2, 0.25) is 0 Å². The van der Waals surface area contributed by atoms with Crippen LogP contribution in [0, 0.1) is 0 Å². The highest BCUT2D eigenvalue weighted by Gasteiger charge is 2.29. The molecule has 1 heterocycles. The van der Waals surface area contributed by atoms with Gasteiger partial charge in [-0.15, -0.1) is 0 Å². The van der Waals surface area contributed by atoms with Gasteiger partial charge < -0.3 is 10.5 Å². The molecular weight excluding hydrogens is 288 g/mol. The number of nitrogens with two attached hydrogens (primary N) is 1. The van der Waals surface area contributed by atoms with Gasteiger partial charge in [0.1, 0.15) is 5.75 Å². The summed E-state index contributed by atoms with van der Waals surface area (Å²) in [5, 5.41) is 0. The molecule has 2 aromatic carbocycles. The zero-order valence-corrected chi connectivity index (χ0v) is 12.7. The minimum atomic E-state index is -0.827. The fourth-order valence-corrected chi connectivity index (χ4v) is 2.83. The molecule has 0 saturated heterocycles. The van der Waals surface area contributed by atoms with E-state index in [1.165, 1.54) is 0 Å². The monoisotopic (exact) mass is 306 g/mol. The molecule has 4 nitrogen and oxygen atoms in total. The summed E-state index contributed by atoms with van der Waals surface area (Å²) in [5.74, 6) is 0.708. The third-order valence-corrected chi connectivity index (χ3v) is 4.20. The maximum absolute atomic E-state index is 12.3. The third kappa shape index (κ3) is 2.78. The largest absolute Gasteiger partial charge is 0.490 e. The lowest BCUT2D eigenvalue weighted by molar-refractivity contribution is -0.119. The summed E-state index contributed by atoms with van der Waals surface area (Å²) < 4.78 is 6.00. The van der Waals surface area contributed by atoms with E-state index in [4.69, 9.17) is 10.5 Å². The van der Waals surface area contributed by atoms with Gasteiger partial charge in [-0.1, -0.05) is 42.5 Å². The number of rotatable bonds is 3. The van der Waals surface area contributed by atoms with Gasteiger partial charge in [0.25, 0.3) is 0 Å². The number of hydrogen-bond donors (Lipinski definition) is 1. The molecule has 1 aliphatic heterocycles. The highest BCUT2D eigenvalue weighted by atomic mass is 16.5. The fourth-order valence-electron chi connectivity index (χ4n) is 2.83. The van der Waals surface area contributed by atoms with Gasteiger partial charge >= 0.3 is 0 Å². The molecule has 116 valence electrons. The van der Waals surface area contributed by atoms with E-state index < -0.39 is 6.17 Å². The van der Waals surface area contributed by atoms with Crippen LogP contribution in [0.5, 0.6) is 5.75 Å². The number of Topliss-reactive ketones (excluding diaryl/α,β-unsaturated/α-hetero) is 1. The Hall–Kier alpha value is -2.46. The van der Waals surface area contributed by atoms with E-state index in [1.54, 1.807) is 0 Å². The predicted molar refractivity (Wildman–Crippen MR) is 88.9 cm³/mol. The van der Waals surface area contributed by atoms with Crippen LogP contribution in [0.25, 0.3) is 0 Å². The van der Waals surface area contributed by atoms with Crippen LogP contribution in [0.3, 0.4) is 0 Å². The predicted octanol–water partition coefficient (Wildman–Crippen LogP) is 2.48. The van der Waals surface area contributed by atoms with Crippen LogP contribution in [0.1, 0.15) is 29.5 Å². The molecule has 0 amide bonds. The minimum absolute atomic E-state index is 0.0796. The topological polar surface area (TPSA) is 64.7 Å². The zero-order valence-electron chi connectivity index (χ0n) is 12.7. The van der Waals surface area contributed by atoms with Crippen molar-refractivity contribution in [3.8, 4) is 5.75 Å². The number of ether oxygens (including phenoxy) is 1. The fraction of sp³-hybridized carbons (Fsp3) is 0.263. The highest BCUT2D eigenvalue weighted by molar-refractivity contribution is 6.16. The Morgan fingerprint density at radius 3 is 2.57 bits per heavy atom. The molecule has 1 unspecified atom stereocenters. The molecule has 4 rings (SSSR count). The van der Waals surface area contributed by atoms with Gasteiger partial charge in [0, 0.05) is 23.1 Å². The van der Waals surface area contributed by atoms with Crippen LogP contribution in [-0.4, -0.2) is 23.8 Å². The molecule has 0 spiro atoms. The first-order valence-electron chi connectivity index (χ1n) is 7.93. The smallest absolute Gasteiger partial charge is 0.176 e. The van der Waals surface area contributed by atoms with E-state index in [0.717, 1.165) is 41.0 Å². The van der Waals surface area contributed by atoms with Crippen LogP contribution < -0.4 is 10.5 Å². The number of hydrogen-bond acceptors (Lipinski definition) is 4. The normalized spacial score (nSPS) is 20.5. The molecule has 1 aliphatic carbocycles. The first-order valence-corrected chi connectivity index (χ1v) is 7.93. The van der Waals surface area contributed by atoms with Gasteiger partial charge in [0.05, 0.1) is 11.8 Å². The van der Waals surface area contributed by atoms with Crippen molar-refractivity contribution in [1.82, 2.24) is 0 Å². The van der Waals surface area contributed by atoms with Crippen molar-refractivity contribution in [1.29, 1.82) is 0 Å². The Morgan fingerprint density at radius 1 is 1.04 bits per heavy atom. The van der Waals surface area contributed by atoms with Crippen LogP contribution >= 0.6 is 0 Å². The van der Waals surface area contributed by atoms with Crippen molar-refractivity contribution in [3.05, 3.63) is 65.2 Å². The number of ketones is 1. The second kappa shape index (κ2) is 5.63. The molecule has 2 aromatic rings. The summed E-state index contributed by atoms with van der Waals surface area (Å²) in [6, 6.07) is 15.7. The number of carbonyl (C=O) groups excluding carboxylic acids is 1. The van der Waals surface area contributed by atoms with Crippen molar-refractivity contribution in [3.63, 3.8) is 0 Å². The Labute approximate surface area is 135 Å². The van der Waals surface area contributed by atoms with E-state index in [1.807, 2.05) is 48.5 Å². The van der Waals surface area contributed by atoms with Gasteiger partial charge in [-0.2, -0.15) is 0 Å². The summed E-state index contributed by atoms with van der Waals surface area (Å²) in [5.41, 5.74) is 9.54. The Kier molecular flexibility index (Phi) is 3.46. The first-order chi connectivity index (χ1) is 11.2. The van der Waals surface area contributed by atoms with Crippen molar-refractivity contribution in [2.24, 2.45) is 10.7 Å². The summed E-state index contributed by atoms with van der Waals surface area (Å²) >= 11 is 0. The molecule has 0 aromatic heterocycles. The van der Waals surface area contributed by atoms with Crippen molar-refractivity contribution >= 4 is 11.5 Å². The summed E-state index contributed by atoms with van der Waals surface area (Å²) in [6.07, 6.45) is 1.88. The van der Waals surface area contributed by atoms with E-state index >= 15 is 0 Å². The second-order valence-corrected chi connectivity index (χ2v) is 6.03. The zero-order chi connectivity index (χ0) is 15.8. The number of carbonyl (C=O) groups is 1. The van der Waals surface area contributed by atoms with E-state index in [9.17, 15) is 4.79 Å². The molecule has 0 bridgehead atoms. The lowest BCUT2D eigenvalue weighted by atomic mass is 9.95. The summed E-state index contributed by atoms with van der Waals surface area (Å²) in [4.78, 5) is 16.8. The van der Waals surface area contributed by atoms with Crippen molar-refractivity contribution in [2.75, 3.05) is 0 Å². The Bertz CT molecular complexity index is 779. The molecule has 23 heavy (non-hydrogen) atoms. The van der Waals surface area contributed by atoms with Crippen molar-refractivity contribution in [2.45, 2.75) is 31.5 Å². The summed E-state index contributed by atoms with van der Waals surface area (Å²) in [7, 11) is 0. The Balaban J connectivity index is 1.86. The van der Waals surface area contributed by atoms with Crippen LogP contribution in [-0.2, 0) is 11.2 Å². The molecule has 2 aliphatic rings. The van der Waals surface area contributed by atoms with Gasteiger partial charge in [-0.05, 0) is 18.9 Å². The number of nitrogens with zero attached hydrogens (tertiary/aromatic N) is 1. The van der Waals surface area contributed by atoms with Crippen LogP contribution in [0.15, 0.2) is 53.5 Å². The quantitative estimate of drug-likeness (QED) is 0.947. The molecule has 4 heteroatoms. The maximum Gasteiger partial charge on any atom is 0.176 e. The van der Waals surface area contributed by atoms with Gasteiger partial charge in [-0.3, -0.25) is 9.79 Å². The first kappa shape index (κ1) is 14.2. The Morgan fingerprint density at radius 2 is 1.83 bits per heavy atom. The minimum Gasteiger partial charge on any atom is -0.490 e. The SMILES string of the molecule is NC1N=C(c2ccccc2)c2cccc(OC3CC3)c2CC1=O. The maximum atomic E-state index is 12.3. The third-order valence-electron chi connectivity index (χ3n) is 4.20. The average Bonchev–Trinajstić information content (AvgIpc) is 3.39. The second-order valence-electron chi connectivity index (χ2n) is 6.03. The number of fused-ring (bicyclic) bond motifs is 1. The molecule has 1 atom stereocenters. The van der Waals surface area contributed by atoms with Gasteiger partial charge in [0.15, 0.2) is 11.9 Å². The molecule has 0 radical (unpaired) electrons. The lowest BCUT2D eigenvalue weighted by Gasteiger charge is -2.14. The van der Waals surface area contributed by atoms with E-state index in [0.29, 0.717) is 0 Å². The van der Waals surface area contributed by atoms with Crippen molar-refractivity contribution < 1.29 is 9.53 Å². The van der Waals surface area contributed by atoms with Gasteiger partial charge in [-0.25, -0.2) is 0 Å². The molecule has 1 fully saturated rings. The van der Waals surface area contributed by atoms with Crippen LogP contribution in [0.2, 0.25) is 0 Å².